The van der Waals surface area contributed by atoms with E-state index in [0.29, 0.717) is 11.4 Å². The number of fused-ring (bicyclic) bond motifs is 2. The van der Waals surface area contributed by atoms with Gasteiger partial charge in [-0.05, 0) is 35.4 Å². The average molecular weight is 451 g/mol. The van der Waals surface area contributed by atoms with E-state index in [1.165, 1.54) is 0 Å². The van der Waals surface area contributed by atoms with Crippen molar-refractivity contribution in [3.8, 4) is 0 Å². The molecule has 4 rings (SSSR count). The molecule has 6 nitrogen and oxygen atoms in total. The van der Waals surface area contributed by atoms with Gasteiger partial charge in [0, 0.05) is 24.0 Å². The van der Waals surface area contributed by atoms with E-state index in [9.17, 15) is 9.59 Å². The zero-order chi connectivity index (χ0) is 23.9. The standard InChI is InChI=1S/C28H26N4O2/c1-19(23-15-7-11-21-9-3-5-13-25(21)23)29-31-27(33)17-18-28(34)32-30-20(2)24-16-8-12-22-10-4-6-14-26(22)24/h3-16H,17-18H2,1-2H3,(H,31,33)(H,32,34). The van der Waals surface area contributed by atoms with Crippen molar-refractivity contribution < 1.29 is 9.59 Å². The first-order valence-electron chi connectivity index (χ1n) is 11.2. The lowest BCUT2D eigenvalue weighted by atomic mass is 10.0. The molecular weight excluding hydrogens is 424 g/mol. The summed E-state index contributed by atoms with van der Waals surface area (Å²) in [6.07, 6.45) is 0.0297. The maximum absolute atomic E-state index is 12.2. The Morgan fingerprint density at radius 1 is 0.588 bits per heavy atom. The molecule has 0 unspecified atom stereocenters. The van der Waals surface area contributed by atoms with Gasteiger partial charge in [-0.1, -0.05) is 84.9 Å². The number of carbonyl (C=O) groups excluding carboxylic acids is 2. The Labute approximate surface area is 198 Å². The van der Waals surface area contributed by atoms with Gasteiger partial charge in [0.05, 0.1) is 11.4 Å². The Bertz CT molecular complexity index is 1300. The summed E-state index contributed by atoms with van der Waals surface area (Å²) in [5.41, 5.74) is 8.39. The van der Waals surface area contributed by atoms with Crippen LogP contribution in [0.25, 0.3) is 21.5 Å². The molecule has 170 valence electrons. The van der Waals surface area contributed by atoms with Gasteiger partial charge >= 0.3 is 0 Å². The molecule has 2 N–H and O–H groups in total. The van der Waals surface area contributed by atoms with Gasteiger partial charge in [-0.2, -0.15) is 10.2 Å². The van der Waals surface area contributed by atoms with Gasteiger partial charge in [-0.3, -0.25) is 9.59 Å². The third kappa shape index (κ3) is 5.35. The van der Waals surface area contributed by atoms with Crippen molar-refractivity contribution in [1.29, 1.82) is 0 Å². The lowest BCUT2D eigenvalue weighted by Crippen LogP contribution is -2.24. The summed E-state index contributed by atoms with van der Waals surface area (Å²) in [5.74, 6) is -0.658. The molecule has 6 heteroatoms. The van der Waals surface area contributed by atoms with Crippen molar-refractivity contribution in [2.24, 2.45) is 10.2 Å². The number of nitrogens with zero attached hydrogens (tertiary/aromatic N) is 2. The molecule has 0 spiro atoms. The largest absolute Gasteiger partial charge is 0.273 e. The van der Waals surface area contributed by atoms with Crippen LogP contribution in [0.4, 0.5) is 0 Å². The third-order valence-corrected chi connectivity index (χ3v) is 5.63. The van der Waals surface area contributed by atoms with Crippen molar-refractivity contribution in [2.75, 3.05) is 0 Å². The quantitative estimate of drug-likeness (QED) is 0.301. The molecule has 0 radical (unpaired) electrons. The second kappa shape index (κ2) is 10.5. The molecule has 0 saturated heterocycles. The monoisotopic (exact) mass is 450 g/mol. The molecule has 0 fully saturated rings. The fourth-order valence-corrected chi connectivity index (χ4v) is 3.83. The summed E-state index contributed by atoms with van der Waals surface area (Å²) in [7, 11) is 0. The average Bonchev–Trinajstić information content (AvgIpc) is 2.88. The Kier molecular flexibility index (Phi) is 7.08. The van der Waals surface area contributed by atoms with E-state index in [1.807, 2.05) is 98.8 Å². The summed E-state index contributed by atoms with van der Waals surface area (Å²) < 4.78 is 0. The predicted molar refractivity (Wildman–Crippen MR) is 138 cm³/mol. The number of hydrogen-bond acceptors (Lipinski definition) is 4. The van der Waals surface area contributed by atoms with E-state index in [-0.39, 0.29) is 24.7 Å². The molecule has 0 heterocycles. The van der Waals surface area contributed by atoms with Crippen LogP contribution in [0, 0.1) is 0 Å². The van der Waals surface area contributed by atoms with Crippen molar-refractivity contribution in [3.05, 3.63) is 96.1 Å². The Balaban J connectivity index is 1.32. The van der Waals surface area contributed by atoms with Gasteiger partial charge in [0.1, 0.15) is 0 Å². The summed E-state index contributed by atoms with van der Waals surface area (Å²) >= 11 is 0. The second-order valence-corrected chi connectivity index (χ2v) is 8.02. The highest BCUT2D eigenvalue weighted by Crippen LogP contribution is 2.20. The van der Waals surface area contributed by atoms with Gasteiger partial charge in [0.2, 0.25) is 11.8 Å². The Morgan fingerprint density at radius 2 is 0.971 bits per heavy atom. The van der Waals surface area contributed by atoms with Crippen LogP contribution in [0.5, 0.6) is 0 Å². The number of hydrazone groups is 2. The van der Waals surface area contributed by atoms with Crippen LogP contribution >= 0.6 is 0 Å². The number of hydrogen-bond donors (Lipinski definition) is 2. The number of nitrogens with one attached hydrogen (secondary N) is 2. The molecule has 4 aromatic rings. The number of benzene rings is 4. The molecule has 4 aromatic carbocycles. The van der Waals surface area contributed by atoms with E-state index in [4.69, 9.17) is 0 Å². The molecule has 34 heavy (non-hydrogen) atoms. The van der Waals surface area contributed by atoms with Gasteiger partial charge in [-0.15, -0.1) is 0 Å². The van der Waals surface area contributed by atoms with E-state index < -0.39 is 0 Å². The minimum Gasteiger partial charge on any atom is -0.273 e. The number of rotatable bonds is 7. The van der Waals surface area contributed by atoms with Gasteiger partial charge in [0.25, 0.3) is 0 Å². The van der Waals surface area contributed by atoms with Crippen molar-refractivity contribution >= 4 is 44.8 Å². The molecule has 0 aliphatic carbocycles. The predicted octanol–water partition coefficient (Wildman–Crippen LogP) is 5.15. The van der Waals surface area contributed by atoms with Crippen LogP contribution < -0.4 is 10.9 Å². The van der Waals surface area contributed by atoms with Crippen LogP contribution in [-0.2, 0) is 9.59 Å². The molecule has 2 amide bonds. The lowest BCUT2D eigenvalue weighted by Gasteiger charge is -2.07. The molecule has 0 aliphatic heterocycles. The van der Waals surface area contributed by atoms with Gasteiger partial charge in [-0.25, -0.2) is 10.9 Å². The topological polar surface area (TPSA) is 82.9 Å². The fraction of sp³-hybridized carbons (Fsp3) is 0.143. The van der Waals surface area contributed by atoms with Crippen molar-refractivity contribution in [3.63, 3.8) is 0 Å². The van der Waals surface area contributed by atoms with Crippen LogP contribution in [0.2, 0.25) is 0 Å². The number of carbonyl (C=O) groups is 2. The molecular formula is C28H26N4O2. The second-order valence-electron chi connectivity index (χ2n) is 8.02. The molecule has 0 bridgehead atoms. The third-order valence-electron chi connectivity index (χ3n) is 5.63. The van der Waals surface area contributed by atoms with Gasteiger partial charge in [0.15, 0.2) is 0 Å². The van der Waals surface area contributed by atoms with Crippen LogP contribution in [-0.4, -0.2) is 23.2 Å². The number of amides is 2. The first-order chi connectivity index (χ1) is 16.5. The first-order valence-corrected chi connectivity index (χ1v) is 11.2. The highest BCUT2D eigenvalue weighted by molar-refractivity contribution is 6.10. The summed E-state index contributed by atoms with van der Waals surface area (Å²) in [6.45, 7) is 3.69. The minimum absolute atomic E-state index is 0.0149. The zero-order valence-corrected chi connectivity index (χ0v) is 19.2. The van der Waals surface area contributed by atoms with E-state index >= 15 is 0 Å². The lowest BCUT2D eigenvalue weighted by molar-refractivity contribution is -0.126. The van der Waals surface area contributed by atoms with Crippen molar-refractivity contribution in [1.82, 2.24) is 10.9 Å². The summed E-state index contributed by atoms with van der Waals surface area (Å²) in [6, 6.07) is 28.0. The van der Waals surface area contributed by atoms with Crippen LogP contribution in [0.3, 0.4) is 0 Å². The highest BCUT2D eigenvalue weighted by Gasteiger charge is 2.09. The van der Waals surface area contributed by atoms with E-state index in [0.717, 1.165) is 32.7 Å². The van der Waals surface area contributed by atoms with E-state index in [2.05, 4.69) is 21.1 Å². The van der Waals surface area contributed by atoms with Gasteiger partial charge < -0.3 is 0 Å². The highest BCUT2D eigenvalue weighted by atomic mass is 16.2. The normalized spacial score (nSPS) is 12.1. The maximum Gasteiger partial charge on any atom is 0.240 e. The smallest absolute Gasteiger partial charge is 0.240 e. The molecule has 0 atom stereocenters. The molecule has 0 saturated carbocycles. The molecule has 0 aromatic heterocycles. The van der Waals surface area contributed by atoms with Crippen molar-refractivity contribution in [2.45, 2.75) is 26.7 Å². The van der Waals surface area contributed by atoms with E-state index in [1.54, 1.807) is 0 Å². The fourth-order valence-electron chi connectivity index (χ4n) is 3.83. The Morgan fingerprint density at radius 3 is 1.41 bits per heavy atom. The van der Waals surface area contributed by atoms with Crippen LogP contribution in [0.1, 0.15) is 37.8 Å². The maximum atomic E-state index is 12.2. The SMILES string of the molecule is CC(=NNC(=O)CCC(=O)NN=C(C)c1cccc2ccccc12)c1cccc2ccccc12. The first kappa shape index (κ1) is 22.9. The van der Waals surface area contributed by atoms with Crippen LogP contribution in [0.15, 0.2) is 95.1 Å². The Hall–Kier alpha value is -4.32. The zero-order valence-electron chi connectivity index (χ0n) is 19.2. The molecule has 0 aliphatic rings. The minimum atomic E-state index is -0.329. The summed E-state index contributed by atoms with van der Waals surface area (Å²) in [5, 5.41) is 12.8. The summed E-state index contributed by atoms with van der Waals surface area (Å²) in [4.78, 5) is 24.4.